The molecule has 0 saturated carbocycles. The van der Waals surface area contributed by atoms with Crippen molar-refractivity contribution in [1.29, 1.82) is 0 Å². The highest BCUT2D eigenvalue weighted by Gasteiger charge is 2.25. The molecule has 1 aromatic carbocycles. The SMILES string of the molecule is CS(=O)(=O)N1CCC(NC(=O)c2cccc(Cn3cccn3)c2)CC1. The van der Waals surface area contributed by atoms with Crippen molar-refractivity contribution in [2.24, 2.45) is 0 Å². The maximum atomic E-state index is 12.5. The molecule has 0 radical (unpaired) electrons. The van der Waals surface area contributed by atoms with Crippen LogP contribution in [-0.4, -0.2) is 53.8 Å². The summed E-state index contributed by atoms with van der Waals surface area (Å²) in [7, 11) is -3.15. The number of piperidine rings is 1. The number of carbonyl (C=O) groups is 1. The number of nitrogens with one attached hydrogen (secondary N) is 1. The molecule has 25 heavy (non-hydrogen) atoms. The summed E-state index contributed by atoms with van der Waals surface area (Å²) in [6.07, 6.45) is 6.08. The molecule has 134 valence electrons. The van der Waals surface area contributed by atoms with Gasteiger partial charge < -0.3 is 5.32 Å². The predicted molar refractivity (Wildman–Crippen MR) is 94.7 cm³/mol. The van der Waals surface area contributed by atoms with E-state index in [1.54, 1.807) is 16.9 Å². The Labute approximate surface area is 147 Å². The van der Waals surface area contributed by atoms with Gasteiger partial charge in [-0.1, -0.05) is 12.1 Å². The van der Waals surface area contributed by atoms with Crippen molar-refractivity contribution in [2.45, 2.75) is 25.4 Å². The number of sulfonamides is 1. The Hall–Kier alpha value is -2.19. The van der Waals surface area contributed by atoms with E-state index in [9.17, 15) is 13.2 Å². The zero-order chi connectivity index (χ0) is 17.9. The van der Waals surface area contributed by atoms with Gasteiger partial charge in [-0.15, -0.1) is 0 Å². The third-order valence-electron chi connectivity index (χ3n) is 4.35. The van der Waals surface area contributed by atoms with Crippen LogP contribution in [-0.2, 0) is 16.6 Å². The highest BCUT2D eigenvalue weighted by molar-refractivity contribution is 7.88. The third-order valence-corrected chi connectivity index (χ3v) is 5.65. The summed E-state index contributed by atoms with van der Waals surface area (Å²) in [6, 6.07) is 9.33. The van der Waals surface area contributed by atoms with Gasteiger partial charge in [0, 0.05) is 37.1 Å². The van der Waals surface area contributed by atoms with Crippen molar-refractivity contribution < 1.29 is 13.2 Å². The number of nitrogens with zero attached hydrogens (tertiary/aromatic N) is 3. The molecule has 1 saturated heterocycles. The number of amides is 1. The zero-order valence-corrected chi connectivity index (χ0v) is 14.9. The number of rotatable bonds is 5. The van der Waals surface area contributed by atoms with Gasteiger partial charge in [0.05, 0.1) is 12.8 Å². The maximum absolute atomic E-state index is 12.5. The van der Waals surface area contributed by atoms with Crippen molar-refractivity contribution in [3.8, 4) is 0 Å². The Morgan fingerprint density at radius 1 is 1.28 bits per heavy atom. The Kier molecular flexibility index (Phi) is 5.19. The van der Waals surface area contributed by atoms with E-state index in [4.69, 9.17) is 0 Å². The molecule has 0 spiro atoms. The largest absolute Gasteiger partial charge is 0.349 e. The minimum atomic E-state index is -3.15. The number of benzene rings is 1. The Morgan fingerprint density at radius 2 is 2.04 bits per heavy atom. The topological polar surface area (TPSA) is 84.3 Å². The van der Waals surface area contributed by atoms with Gasteiger partial charge in [-0.2, -0.15) is 5.10 Å². The van der Waals surface area contributed by atoms with E-state index in [1.807, 2.05) is 30.5 Å². The average Bonchev–Trinajstić information content (AvgIpc) is 3.08. The van der Waals surface area contributed by atoms with E-state index in [2.05, 4.69) is 10.4 Å². The van der Waals surface area contributed by atoms with Crippen LogP contribution in [0, 0.1) is 0 Å². The minimum absolute atomic E-state index is 0.000251. The van der Waals surface area contributed by atoms with Crippen LogP contribution in [0.5, 0.6) is 0 Å². The molecule has 1 aliphatic rings. The molecule has 0 aliphatic carbocycles. The second kappa shape index (κ2) is 7.37. The van der Waals surface area contributed by atoms with Crippen LogP contribution in [0.3, 0.4) is 0 Å². The second-order valence-corrected chi connectivity index (χ2v) is 8.30. The summed E-state index contributed by atoms with van der Waals surface area (Å²) in [5, 5.41) is 7.18. The molecule has 1 aromatic heterocycles. The molecule has 1 amide bonds. The maximum Gasteiger partial charge on any atom is 0.251 e. The van der Waals surface area contributed by atoms with E-state index in [1.165, 1.54) is 10.6 Å². The van der Waals surface area contributed by atoms with E-state index in [0.717, 1.165) is 5.56 Å². The third kappa shape index (κ3) is 4.67. The fraction of sp³-hybridized carbons (Fsp3) is 0.412. The standard InChI is InChI=1S/C17H22N4O3S/c1-25(23,24)21-10-6-16(7-11-21)19-17(22)15-5-2-4-14(12-15)13-20-9-3-8-18-20/h2-5,8-9,12,16H,6-7,10-11,13H2,1H3,(H,19,22). The van der Waals surface area contributed by atoms with Crippen LogP contribution < -0.4 is 5.32 Å². The van der Waals surface area contributed by atoms with Gasteiger partial charge in [0.25, 0.3) is 5.91 Å². The van der Waals surface area contributed by atoms with Crippen LogP contribution in [0.4, 0.5) is 0 Å². The normalized spacial score (nSPS) is 16.7. The lowest BCUT2D eigenvalue weighted by atomic mass is 10.1. The van der Waals surface area contributed by atoms with Gasteiger partial charge >= 0.3 is 0 Å². The van der Waals surface area contributed by atoms with Crippen LogP contribution in [0.2, 0.25) is 0 Å². The summed E-state index contributed by atoms with van der Waals surface area (Å²) >= 11 is 0. The van der Waals surface area contributed by atoms with Crippen molar-refractivity contribution in [3.05, 3.63) is 53.9 Å². The van der Waals surface area contributed by atoms with Crippen molar-refractivity contribution >= 4 is 15.9 Å². The number of aromatic nitrogens is 2. The molecule has 1 fully saturated rings. The van der Waals surface area contributed by atoms with Crippen molar-refractivity contribution in [2.75, 3.05) is 19.3 Å². The Bertz CT molecular complexity index is 825. The molecular formula is C17H22N4O3S. The van der Waals surface area contributed by atoms with E-state index in [0.29, 0.717) is 38.0 Å². The molecule has 0 unspecified atom stereocenters. The van der Waals surface area contributed by atoms with Gasteiger partial charge in [0.15, 0.2) is 0 Å². The molecule has 8 heteroatoms. The monoisotopic (exact) mass is 362 g/mol. The van der Waals surface area contributed by atoms with E-state index < -0.39 is 10.0 Å². The number of hydrogen-bond acceptors (Lipinski definition) is 4. The molecule has 7 nitrogen and oxygen atoms in total. The smallest absolute Gasteiger partial charge is 0.251 e. The number of hydrogen-bond donors (Lipinski definition) is 1. The molecule has 3 rings (SSSR count). The van der Waals surface area contributed by atoms with Gasteiger partial charge in [-0.3, -0.25) is 9.48 Å². The first-order chi connectivity index (χ1) is 11.9. The van der Waals surface area contributed by atoms with Crippen LogP contribution in [0.1, 0.15) is 28.8 Å². The molecule has 1 N–H and O–H groups in total. The molecule has 2 aromatic rings. The Morgan fingerprint density at radius 3 is 2.68 bits per heavy atom. The lowest BCUT2D eigenvalue weighted by molar-refractivity contribution is 0.0924. The van der Waals surface area contributed by atoms with Crippen molar-refractivity contribution in [1.82, 2.24) is 19.4 Å². The summed E-state index contributed by atoms with van der Waals surface area (Å²) in [5.74, 6) is -0.125. The first kappa shape index (κ1) is 17.6. The lowest BCUT2D eigenvalue weighted by Crippen LogP contribution is -2.46. The zero-order valence-electron chi connectivity index (χ0n) is 14.1. The highest BCUT2D eigenvalue weighted by atomic mass is 32.2. The summed E-state index contributed by atoms with van der Waals surface area (Å²) < 4.78 is 26.3. The summed E-state index contributed by atoms with van der Waals surface area (Å²) in [6.45, 7) is 1.51. The van der Waals surface area contributed by atoms with Gasteiger partial charge in [-0.25, -0.2) is 12.7 Å². The van der Waals surface area contributed by atoms with Crippen LogP contribution in [0.15, 0.2) is 42.7 Å². The predicted octanol–water partition coefficient (Wildman–Crippen LogP) is 1.09. The molecular weight excluding hydrogens is 340 g/mol. The molecule has 1 aliphatic heterocycles. The van der Waals surface area contributed by atoms with Gasteiger partial charge in [0.2, 0.25) is 10.0 Å². The van der Waals surface area contributed by atoms with Crippen LogP contribution in [0.25, 0.3) is 0 Å². The lowest BCUT2D eigenvalue weighted by Gasteiger charge is -2.30. The minimum Gasteiger partial charge on any atom is -0.349 e. The van der Waals surface area contributed by atoms with Crippen molar-refractivity contribution in [3.63, 3.8) is 0 Å². The Balaban J connectivity index is 1.58. The van der Waals surface area contributed by atoms with E-state index >= 15 is 0 Å². The second-order valence-electron chi connectivity index (χ2n) is 6.31. The van der Waals surface area contributed by atoms with E-state index in [-0.39, 0.29) is 11.9 Å². The number of carbonyl (C=O) groups excluding carboxylic acids is 1. The van der Waals surface area contributed by atoms with Gasteiger partial charge in [-0.05, 0) is 36.6 Å². The summed E-state index contributed by atoms with van der Waals surface area (Å²) in [5.41, 5.74) is 1.61. The highest BCUT2D eigenvalue weighted by Crippen LogP contribution is 2.14. The van der Waals surface area contributed by atoms with Gasteiger partial charge in [0.1, 0.15) is 0 Å². The fourth-order valence-corrected chi connectivity index (χ4v) is 3.87. The summed E-state index contributed by atoms with van der Waals surface area (Å²) in [4.78, 5) is 12.5. The van der Waals surface area contributed by atoms with Crippen LogP contribution >= 0.6 is 0 Å². The fourth-order valence-electron chi connectivity index (χ4n) is 2.99. The molecule has 2 heterocycles. The first-order valence-electron chi connectivity index (χ1n) is 8.24. The average molecular weight is 362 g/mol. The molecule has 0 atom stereocenters. The quantitative estimate of drug-likeness (QED) is 0.863. The molecule has 0 bridgehead atoms. The first-order valence-corrected chi connectivity index (χ1v) is 10.1.